The lowest BCUT2D eigenvalue weighted by Gasteiger charge is -2.33. The number of benzene rings is 3. The zero-order valence-electron chi connectivity index (χ0n) is 19.1. The highest BCUT2D eigenvalue weighted by Gasteiger charge is 2.33. The molecule has 0 unspecified atom stereocenters. The molecule has 1 atom stereocenters. The molecule has 0 fully saturated rings. The van der Waals surface area contributed by atoms with E-state index in [9.17, 15) is 0 Å². The van der Waals surface area contributed by atoms with Crippen molar-refractivity contribution in [2.75, 3.05) is 6.54 Å². The molecule has 33 heavy (non-hydrogen) atoms. The van der Waals surface area contributed by atoms with E-state index in [-0.39, 0.29) is 0 Å². The average molecular weight is 457 g/mol. The average Bonchev–Trinajstić information content (AvgIpc) is 3.01. The summed E-state index contributed by atoms with van der Waals surface area (Å²) in [5, 5.41) is 2.20. The molecular formula is C29H29ClN2O. The molecule has 0 saturated carbocycles. The van der Waals surface area contributed by atoms with Crippen LogP contribution in [0.1, 0.15) is 47.7 Å². The molecule has 2 aliphatic rings. The Morgan fingerprint density at radius 3 is 2.70 bits per heavy atom. The molecule has 3 aromatic carbocycles. The van der Waals surface area contributed by atoms with Crippen LogP contribution in [-0.2, 0) is 19.5 Å². The first-order chi connectivity index (χ1) is 16.2. The van der Waals surface area contributed by atoms with Crippen molar-refractivity contribution in [2.24, 2.45) is 0 Å². The minimum atomic E-state index is 0.491. The van der Waals surface area contributed by atoms with E-state index in [1.165, 1.54) is 47.7 Å². The van der Waals surface area contributed by atoms with Crippen molar-refractivity contribution in [3.63, 3.8) is 0 Å². The van der Waals surface area contributed by atoms with Crippen LogP contribution in [-0.4, -0.2) is 16.0 Å². The predicted molar refractivity (Wildman–Crippen MR) is 135 cm³/mol. The SMILES string of the molecule is Cc1ccc2c(c1)c1c3n2CCCN(Cc2cccc(Oc4ccc(Cl)cc4)c2)[C@@H]3CCC1. The Kier molecular flexibility index (Phi) is 5.40. The van der Waals surface area contributed by atoms with E-state index in [1.54, 1.807) is 11.3 Å². The number of halogens is 1. The van der Waals surface area contributed by atoms with E-state index >= 15 is 0 Å². The Morgan fingerprint density at radius 2 is 1.82 bits per heavy atom. The first-order valence-electron chi connectivity index (χ1n) is 12.0. The number of hydrogen-bond donors (Lipinski definition) is 0. The summed E-state index contributed by atoms with van der Waals surface area (Å²) in [6.07, 6.45) is 4.89. The summed E-state index contributed by atoms with van der Waals surface area (Å²) in [6.45, 7) is 5.40. The predicted octanol–water partition coefficient (Wildman–Crippen LogP) is 7.68. The lowest BCUT2D eigenvalue weighted by molar-refractivity contribution is 0.173. The second-order valence-electron chi connectivity index (χ2n) is 9.47. The van der Waals surface area contributed by atoms with Gasteiger partial charge in [0.1, 0.15) is 11.5 Å². The van der Waals surface area contributed by atoms with Crippen LogP contribution in [0.3, 0.4) is 0 Å². The summed E-state index contributed by atoms with van der Waals surface area (Å²) in [7, 11) is 0. The largest absolute Gasteiger partial charge is 0.457 e. The van der Waals surface area contributed by atoms with Gasteiger partial charge in [0.25, 0.3) is 0 Å². The highest BCUT2D eigenvalue weighted by atomic mass is 35.5. The molecule has 4 heteroatoms. The van der Waals surface area contributed by atoms with Gasteiger partial charge >= 0.3 is 0 Å². The second-order valence-corrected chi connectivity index (χ2v) is 9.91. The van der Waals surface area contributed by atoms with Crippen LogP contribution in [0.5, 0.6) is 11.5 Å². The fraction of sp³-hybridized carbons (Fsp3) is 0.310. The topological polar surface area (TPSA) is 17.4 Å². The zero-order valence-corrected chi connectivity index (χ0v) is 19.8. The van der Waals surface area contributed by atoms with Crippen molar-refractivity contribution < 1.29 is 4.74 Å². The van der Waals surface area contributed by atoms with Crippen LogP contribution in [0.25, 0.3) is 10.9 Å². The molecule has 0 bridgehead atoms. The van der Waals surface area contributed by atoms with E-state index in [0.29, 0.717) is 6.04 Å². The van der Waals surface area contributed by atoms with E-state index in [4.69, 9.17) is 16.3 Å². The second kappa shape index (κ2) is 8.55. The van der Waals surface area contributed by atoms with Crippen molar-refractivity contribution in [3.05, 3.63) is 94.1 Å². The number of ether oxygens (including phenoxy) is 1. The number of aromatic nitrogens is 1. The monoisotopic (exact) mass is 456 g/mol. The van der Waals surface area contributed by atoms with Crippen LogP contribution in [0.15, 0.2) is 66.7 Å². The number of fused-ring (bicyclic) bond motifs is 3. The quantitative estimate of drug-likeness (QED) is 0.313. The number of nitrogens with zero attached hydrogens (tertiary/aromatic N) is 2. The van der Waals surface area contributed by atoms with Gasteiger partial charge < -0.3 is 9.30 Å². The van der Waals surface area contributed by atoms with Gasteiger partial charge in [-0.25, -0.2) is 0 Å². The Morgan fingerprint density at radius 1 is 0.939 bits per heavy atom. The summed E-state index contributed by atoms with van der Waals surface area (Å²) in [4.78, 5) is 2.70. The molecule has 1 aliphatic carbocycles. The molecular weight excluding hydrogens is 428 g/mol. The summed E-state index contributed by atoms with van der Waals surface area (Å²) in [6, 6.07) is 23.6. The van der Waals surface area contributed by atoms with E-state index in [1.807, 2.05) is 30.3 Å². The minimum Gasteiger partial charge on any atom is -0.457 e. The summed E-state index contributed by atoms with van der Waals surface area (Å²) in [5.74, 6) is 1.68. The van der Waals surface area contributed by atoms with Gasteiger partial charge in [-0.3, -0.25) is 4.90 Å². The third kappa shape index (κ3) is 3.94. The third-order valence-corrected chi connectivity index (χ3v) is 7.44. The van der Waals surface area contributed by atoms with Crippen LogP contribution in [0.4, 0.5) is 0 Å². The highest BCUT2D eigenvalue weighted by Crippen LogP contribution is 2.42. The fourth-order valence-electron chi connectivity index (χ4n) is 5.76. The van der Waals surface area contributed by atoms with Gasteiger partial charge in [-0.15, -0.1) is 0 Å². The molecule has 2 heterocycles. The zero-order chi connectivity index (χ0) is 22.4. The van der Waals surface area contributed by atoms with Crippen LogP contribution < -0.4 is 4.74 Å². The molecule has 0 radical (unpaired) electrons. The smallest absolute Gasteiger partial charge is 0.127 e. The first kappa shape index (κ1) is 20.8. The maximum absolute atomic E-state index is 6.10. The molecule has 6 rings (SSSR count). The minimum absolute atomic E-state index is 0.491. The molecule has 0 amide bonds. The van der Waals surface area contributed by atoms with Crippen molar-refractivity contribution in [2.45, 2.75) is 51.7 Å². The Balaban J connectivity index is 1.30. The number of aryl methyl sites for hydroxylation is 3. The van der Waals surface area contributed by atoms with E-state index in [0.717, 1.165) is 36.2 Å². The maximum atomic E-state index is 6.10. The van der Waals surface area contributed by atoms with Gasteiger partial charge in [0, 0.05) is 41.3 Å². The number of hydrogen-bond acceptors (Lipinski definition) is 2. The van der Waals surface area contributed by atoms with Gasteiger partial charge in [0.05, 0.1) is 6.04 Å². The molecule has 0 spiro atoms. The summed E-state index contributed by atoms with van der Waals surface area (Å²) < 4.78 is 8.73. The van der Waals surface area contributed by atoms with E-state index in [2.05, 4.69) is 52.8 Å². The highest BCUT2D eigenvalue weighted by molar-refractivity contribution is 6.30. The molecule has 4 aromatic rings. The van der Waals surface area contributed by atoms with Gasteiger partial charge in [-0.1, -0.05) is 35.4 Å². The van der Waals surface area contributed by atoms with Crippen molar-refractivity contribution in [3.8, 4) is 11.5 Å². The van der Waals surface area contributed by atoms with Gasteiger partial charge in [0.15, 0.2) is 0 Å². The van der Waals surface area contributed by atoms with Crippen LogP contribution >= 0.6 is 11.6 Å². The van der Waals surface area contributed by atoms with Gasteiger partial charge in [0.2, 0.25) is 0 Å². The fourth-order valence-corrected chi connectivity index (χ4v) is 5.89. The lowest BCUT2D eigenvalue weighted by Crippen LogP contribution is -2.31. The van der Waals surface area contributed by atoms with Crippen LogP contribution in [0.2, 0.25) is 5.02 Å². The Hall–Kier alpha value is -2.75. The Bertz CT molecular complexity index is 1300. The third-order valence-electron chi connectivity index (χ3n) is 7.19. The van der Waals surface area contributed by atoms with Gasteiger partial charge in [-0.2, -0.15) is 0 Å². The molecule has 1 aliphatic heterocycles. The first-order valence-corrected chi connectivity index (χ1v) is 12.4. The molecule has 1 aromatic heterocycles. The maximum Gasteiger partial charge on any atom is 0.127 e. The molecule has 0 N–H and O–H groups in total. The molecule has 0 saturated heterocycles. The lowest BCUT2D eigenvalue weighted by atomic mass is 9.90. The van der Waals surface area contributed by atoms with Crippen molar-refractivity contribution in [1.29, 1.82) is 0 Å². The summed E-state index contributed by atoms with van der Waals surface area (Å²) >= 11 is 6.01. The van der Waals surface area contributed by atoms with Gasteiger partial charge in [-0.05, 0) is 92.3 Å². The molecule has 168 valence electrons. The van der Waals surface area contributed by atoms with Crippen molar-refractivity contribution >= 4 is 22.5 Å². The van der Waals surface area contributed by atoms with Crippen molar-refractivity contribution in [1.82, 2.24) is 9.47 Å². The standard InChI is InChI=1S/C29H29ClN2O/c1-20-9-14-27-26(17-20)25-7-3-8-28-29(25)32(27)16-4-15-31(28)19-21-5-2-6-24(18-21)33-23-12-10-22(30)11-13-23/h2,5-6,9-14,17-18,28H,3-4,7-8,15-16,19H2,1H3/t28-/m1/s1. The van der Waals surface area contributed by atoms with Crippen LogP contribution in [0, 0.1) is 6.92 Å². The van der Waals surface area contributed by atoms with E-state index < -0.39 is 0 Å². The summed E-state index contributed by atoms with van der Waals surface area (Å²) in [5.41, 5.74) is 7.26. The number of rotatable bonds is 4. The normalized spacial score (nSPS) is 18.2. The Labute approximate surface area is 200 Å². The molecule has 3 nitrogen and oxygen atoms in total.